The third-order valence-electron chi connectivity index (χ3n) is 3.47. The van der Waals surface area contributed by atoms with Gasteiger partial charge < -0.3 is 0 Å². The van der Waals surface area contributed by atoms with E-state index in [0.29, 0.717) is 17.2 Å². The number of benzene rings is 1. The summed E-state index contributed by atoms with van der Waals surface area (Å²) in [5, 5.41) is 0. The van der Waals surface area contributed by atoms with E-state index in [0.717, 1.165) is 29.7 Å². The van der Waals surface area contributed by atoms with Gasteiger partial charge in [0.1, 0.15) is 0 Å². The van der Waals surface area contributed by atoms with Crippen molar-refractivity contribution in [3.05, 3.63) is 34.9 Å². The zero-order valence-corrected chi connectivity index (χ0v) is 10.8. The Kier molecular flexibility index (Phi) is 3.81. The molecule has 0 saturated heterocycles. The Morgan fingerprint density at radius 2 is 2.24 bits per heavy atom. The molecule has 88 valence electrons. The molecule has 0 amide bonds. The summed E-state index contributed by atoms with van der Waals surface area (Å²) in [6.07, 6.45) is 9.83. The van der Waals surface area contributed by atoms with Crippen molar-refractivity contribution in [1.29, 1.82) is 0 Å². The van der Waals surface area contributed by atoms with E-state index in [-0.39, 0.29) is 0 Å². The van der Waals surface area contributed by atoms with Gasteiger partial charge in [0.15, 0.2) is 0 Å². The first-order valence-corrected chi connectivity index (χ1v) is 6.73. The van der Waals surface area contributed by atoms with Crippen molar-refractivity contribution >= 4 is 16.1 Å². The topological polar surface area (TPSA) is 17.1 Å². The van der Waals surface area contributed by atoms with Crippen molar-refractivity contribution < 1.29 is 4.21 Å². The third-order valence-corrected chi connectivity index (χ3v) is 4.18. The van der Waals surface area contributed by atoms with Crippen LogP contribution in [0.4, 0.5) is 0 Å². The maximum Gasteiger partial charge on any atom is 0.0882 e. The summed E-state index contributed by atoms with van der Waals surface area (Å²) >= 11 is 0.694. The van der Waals surface area contributed by atoms with Crippen molar-refractivity contribution in [3.63, 3.8) is 0 Å². The summed E-state index contributed by atoms with van der Waals surface area (Å²) < 4.78 is 11.2. The molecule has 2 heteroatoms. The first-order valence-electron chi connectivity index (χ1n) is 5.99. The highest BCUT2D eigenvalue weighted by Crippen LogP contribution is 2.32. The molecule has 0 radical (unpaired) electrons. The van der Waals surface area contributed by atoms with E-state index in [4.69, 9.17) is 6.42 Å². The standard InChI is InChI=1S/C15H16OS/c1-3-12-8-9-13(11(2)10-12)14-6-4-5-7-15(14)17-16/h1,8-10,14H,4-7H2,2H3. The number of hydrogen-bond acceptors (Lipinski definition) is 1. The molecule has 1 aliphatic carbocycles. The van der Waals surface area contributed by atoms with Crippen molar-refractivity contribution in [2.24, 2.45) is 0 Å². The van der Waals surface area contributed by atoms with Gasteiger partial charge in [0.2, 0.25) is 0 Å². The summed E-state index contributed by atoms with van der Waals surface area (Å²) in [6, 6.07) is 6.11. The van der Waals surface area contributed by atoms with E-state index in [1.807, 2.05) is 12.1 Å². The lowest BCUT2D eigenvalue weighted by molar-refractivity contribution is 0.618. The quantitative estimate of drug-likeness (QED) is 0.548. The zero-order chi connectivity index (χ0) is 12.3. The van der Waals surface area contributed by atoms with Crippen molar-refractivity contribution in [2.75, 3.05) is 0 Å². The molecule has 0 aromatic heterocycles. The van der Waals surface area contributed by atoms with Crippen LogP contribution in [-0.2, 0) is 11.3 Å². The molecule has 0 N–H and O–H groups in total. The molecular weight excluding hydrogens is 228 g/mol. The SMILES string of the molecule is C#Cc1ccc(C2CCCCC2=S=O)c(C)c1. The van der Waals surface area contributed by atoms with Crippen LogP contribution in [0.5, 0.6) is 0 Å². The maximum atomic E-state index is 11.2. The average Bonchev–Trinajstić information content (AvgIpc) is 2.38. The average molecular weight is 244 g/mol. The van der Waals surface area contributed by atoms with Crippen LogP contribution in [-0.4, -0.2) is 9.07 Å². The Morgan fingerprint density at radius 1 is 1.41 bits per heavy atom. The molecule has 0 bridgehead atoms. The fourth-order valence-corrected chi connectivity index (χ4v) is 3.16. The Bertz CT molecular complexity index is 518. The molecule has 17 heavy (non-hydrogen) atoms. The molecule has 1 atom stereocenters. The zero-order valence-electron chi connectivity index (χ0n) is 10.0. The first kappa shape index (κ1) is 12.1. The molecule has 1 aromatic carbocycles. The summed E-state index contributed by atoms with van der Waals surface area (Å²) in [5.74, 6) is 2.98. The number of terminal acetylenes is 1. The molecule has 0 spiro atoms. The Hall–Kier alpha value is -1.33. The second-order valence-corrected chi connectivity index (χ2v) is 5.25. The van der Waals surface area contributed by atoms with Gasteiger partial charge in [-0.25, -0.2) is 4.21 Å². The van der Waals surface area contributed by atoms with E-state index >= 15 is 0 Å². The lowest BCUT2D eigenvalue weighted by atomic mass is 9.82. The van der Waals surface area contributed by atoms with E-state index in [9.17, 15) is 4.21 Å². The van der Waals surface area contributed by atoms with E-state index in [1.54, 1.807) is 0 Å². The second kappa shape index (κ2) is 5.33. The minimum atomic E-state index is 0.332. The van der Waals surface area contributed by atoms with E-state index in [2.05, 4.69) is 18.9 Å². The number of rotatable bonds is 1. The molecule has 1 unspecified atom stereocenters. The van der Waals surface area contributed by atoms with Crippen molar-refractivity contribution in [1.82, 2.24) is 0 Å². The molecule has 1 nitrogen and oxygen atoms in total. The highest BCUT2D eigenvalue weighted by molar-refractivity contribution is 7.66. The summed E-state index contributed by atoms with van der Waals surface area (Å²) in [6.45, 7) is 2.08. The van der Waals surface area contributed by atoms with Gasteiger partial charge in [-0.1, -0.05) is 18.4 Å². The second-order valence-electron chi connectivity index (χ2n) is 4.56. The molecule has 0 heterocycles. The van der Waals surface area contributed by atoms with Crippen LogP contribution in [0.3, 0.4) is 0 Å². The predicted molar refractivity (Wildman–Crippen MR) is 73.5 cm³/mol. The van der Waals surface area contributed by atoms with Gasteiger partial charge in [0, 0.05) is 16.3 Å². The highest BCUT2D eigenvalue weighted by atomic mass is 32.1. The summed E-state index contributed by atoms with van der Waals surface area (Å²) in [4.78, 5) is 1.09. The fraction of sp³-hybridized carbons (Fsp3) is 0.400. The molecule has 2 rings (SSSR count). The monoisotopic (exact) mass is 244 g/mol. The molecule has 1 aromatic rings. The van der Waals surface area contributed by atoms with E-state index < -0.39 is 0 Å². The third kappa shape index (κ3) is 2.50. The smallest absolute Gasteiger partial charge is 0.0882 e. The van der Waals surface area contributed by atoms with Crippen molar-refractivity contribution in [2.45, 2.75) is 38.5 Å². The summed E-state index contributed by atoms with van der Waals surface area (Å²) in [5.41, 5.74) is 3.40. The van der Waals surface area contributed by atoms with Gasteiger partial charge in [-0.2, -0.15) is 0 Å². The maximum absolute atomic E-state index is 11.2. The van der Waals surface area contributed by atoms with Gasteiger partial charge in [-0.3, -0.25) is 0 Å². The van der Waals surface area contributed by atoms with Crippen LogP contribution < -0.4 is 0 Å². The van der Waals surface area contributed by atoms with Crippen LogP contribution in [0.25, 0.3) is 0 Å². The van der Waals surface area contributed by atoms with Gasteiger partial charge in [0.25, 0.3) is 0 Å². The van der Waals surface area contributed by atoms with Gasteiger partial charge in [-0.05, 0) is 49.4 Å². The lowest BCUT2D eigenvalue weighted by Gasteiger charge is -2.24. The van der Waals surface area contributed by atoms with Crippen LogP contribution >= 0.6 is 0 Å². The Morgan fingerprint density at radius 3 is 2.88 bits per heavy atom. The summed E-state index contributed by atoms with van der Waals surface area (Å²) in [7, 11) is 0. The van der Waals surface area contributed by atoms with Crippen LogP contribution in [0.2, 0.25) is 0 Å². The molecule has 1 aliphatic rings. The minimum absolute atomic E-state index is 0.332. The molecule has 1 fully saturated rings. The molecular formula is C15H16OS. The molecule has 0 aliphatic heterocycles. The van der Waals surface area contributed by atoms with Crippen LogP contribution in [0, 0.1) is 19.3 Å². The number of hydrogen-bond donors (Lipinski definition) is 0. The largest absolute Gasteiger partial charge is 0.212 e. The van der Waals surface area contributed by atoms with Gasteiger partial charge >= 0.3 is 0 Å². The van der Waals surface area contributed by atoms with Crippen molar-refractivity contribution in [3.8, 4) is 12.3 Å². The first-order chi connectivity index (χ1) is 8.26. The van der Waals surface area contributed by atoms with E-state index in [1.165, 1.54) is 17.5 Å². The van der Waals surface area contributed by atoms with Crippen LogP contribution in [0.15, 0.2) is 18.2 Å². The normalized spacial score (nSPS) is 19.8. The lowest BCUT2D eigenvalue weighted by Crippen LogP contribution is -2.18. The Labute approximate surface area is 106 Å². The predicted octanol–water partition coefficient (Wildman–Crippen LogP) is 3.02. The fourth-order valence-electron chi connectivity index (χ4n) is 2.57. The molecule has 1 saturated carbocycles. The number of aryl methyl sites for hydroxylation is 1. The van der Waals surface area contributed by atoms with Crippen LogP contribution in [0.1, 0.15) is 48.3 Å². The van der Waals surface area contributed by atoms with Gasteiger partial charge in [-0.15, -0.1) is 6.42 Å². The van der Waals surface area contributed by atoms with Gasteiger partial charge in [0.05, 0.1) is 11.3 Å². The Balaban J connectivity index is 2.39. The minimum Gasteiger partial charge on any atom is -0.212 e. The highest BCUT2D eigenvalue weighted by Gasteiger charge is 2.23.